The predicted octanol–water partition coefficient (Wildman–Crippen LogP) is 0.788. The summed E-state index contributed by atoms with van der Waals surface area (Å²) in [4.78, 5) is 24.6. The van der Waals surface area contributed by atoms with E-state index in [4.69, 9.17) is 5.73 Å². The third-order valence-electron chi connectivity index (χ3n) is 2.83. The van der Waals surface area contributed by atoms with Gasteiger partial charge in [-0.3, -0.25) is 9.59 Å². The van der Waals surface area contributed by atoms with E-state index in [-0.39, 0.29) is 18.3 Å². The van der Waals surface area contributed by atoms with E-state index in [0.29, 0.717) is 24.3 Å². The number of carbonyl (C=O) groups excluding carboxylic acids is 2. The molecule has 0 radical (unpaired) electrons. The zero-order chi connectivity index (χ0) is 12.4. The molecule has 90 valence electrons. The third-order valence-corrected chi connectivity index (χ3v) is 2.83. The van der Waals surface area contributed by atoms with Gasteiger partial charge in [-0.25, -0.2) is 0 Å². The van der Waals surface area contributed by atoms with Crippen LogP contribution in [0.15, 0.2) is 18.2 Å². The summed E-state index contributed by atoms with van der Waals surface area (Å²) in [5.41, 5.74) is 7.80. The molecule has 0 fully saturated rings. The quantitative estimate of drug-likeness (QED) is 0.620. The summed E-state index contributed by atoms with van der Waals surface area (Å²) in [7, 11) is 1.34. The molecule has 5 heteroatoms. The van der Waals surface area contributed by atoms with E-state index in [1.54, 1.807) is 17.0 Å². The van der Waals surface area contributed by atoms with E-state index >= 15 is 0 Å². The Bertz CT molecular complexity index is 471. The lowest BCUT2D eigenvalue weighted by molar-refractivity contribution is -0.140. The van der Waals surface area contributed by atoms with Crippen LogP contribution in [0.25, 0.3) is 0 Å². The van der Waals surface area contributed by atoms with Crippen molar-refractivity contribution in [3.63, 3.8) is 0 Å². The number of nitrogen functional groups attached to an aromatic ring is 1. The fraction of sp³-hybridized carbons (Fsp3) is 0.333. The molecule has 1 heterocycles. The van der Waals surface area contributed by atoms with Gasteiger partial charge in [0.15, 0.2) is 0 Å². The Morgan fingerprint density at radius 1 is 1.53 bits per heavy atom. The van der Waals surface area contributed by atoms with Gasteiger partial charge >= 0.3 is 5.97 Å². The Morgan fingerprint density at radius 3 is 3.00 bits per heavy atom. The second kappa shape index (κ2) is 4.45. The highest BCUT2D eigenvalue weighted by Crippen LogP contribution is 2.24. The number of amides is 1. The number of anilines is 1. The number of benzene rings is 1. The number of rotatable bonds is 3. The first kappa shape index (κ1) is 11.4. The molecule has 0 bridgehead atoms. The topological polar surface area (TPSA) is 72.6 Å². The van der Waals surface area contributed by atoms with Crippen LogP contribution < -0.4 is 5.73 Å². The second-order valence-corrected chi connectivity index (χ2v) is 3.97. The number of nitrogens with two attached hydrogens (primary N) is 1. The molecule has 0 aliphatic carbocycles. The number of methoxy groups -OCH3 is 1. The minimum Gasteiger partial charge on any atom is -0.469 e. The molecule has 2 N–H and O–H groups in total. The van der Waals surface area contributed by atoms with Gasteiger partial charge in [-0.1, -0.05) is 6.07 Å². The summed E-state index contributed by atoms with van der Waals surface area (Å²) in [6.45, 7) is 0.908. The van der Waals surface area contributed by atoms with E-state index in [9.17, 15) is 9.59 Å². The van der Waals surface area contributed by atoms with E-state index in [1.807, 2.05) is 6.07 Å². The highest BCUT2D eigenvalue weighted by Gasteiger charge is 2.27. The van der Waals surface area contributed by atoms with Crippen molar-refractivity contribution in [2.75, 3.05) is 19.4 Å². The van der Waals surface area contributed by atoms with E-state index in [0.717, 1.165) is 5.56 Å². The van der Waals surface area contributed by atoms with Gasteiger partial charge in [0.1, 0.15) is 0 Å². The lowest BCUT2D eigenvalue weighted by Crippen LogP contribution is -2.26. The molecule has 0 aromatic heterocycles. The first-order chi connectivity index (χ1) is 8.11. The average molecular weight is 234 g/mol. The lowest BCUT2D eigenvalue weighted by atomic mass is 10.1. The van der Waals surface area contributed by atoms with E-state index in [2.05, 4.69) is 4.74 Å². The number of hydrogen-bond donors (Lipinski definition) is 1. The van der Waals surface area contributed by atoms with Crippen LogP contribution in [0.1, 0.15) is 22.3 Å². The van der Waals surface area contributed by atoms with Crippen molar-refractivity contribution in [3.8, 4) is 0 Å². The monoisotopic (exact) mass is 234 g/mol. The Balaban J connectivity index is 2.07. The molecular weight excluding hydrogens is 220 g/mol. The normalized spacial score (nSPS) is 13.7. The van der Waals surface area contributed by atoms with Crippen LogP contribution in [0.5, 0.6) is 0 Å². The highest BCUT2D eigenvalue weighted by molar-refractivity contribution is 5.99. The molecule has 0 saturated carbocycles. The molecule has 5 nitrogen and oxygen atoms in total. The maximum Gasteiger partial charge on any atom is 0.307 e. The van der Waals surface area contributed by atoms with Gasteiger partial charge < -0.3 is 15.4 Å². The molecule has 0 atom stereocenters. The fourth-order valence-electron chi connectivity index (χ4n) is 1.89. The fourth-order valence-corrected chi connectivity index (χ4v) is 1.89. The van der Waals surface area contributed by atoms with Crippen molar-refractivity contribution in [1.82, 2.24) is 4.90 Å². The molecule has 0 saturated heterocycles. The minimum atomic E-state index is -0.312. The Labute approximate surface area is 99.2 Å². The van der Waals surface area contributed by atoms with Gasteiger partial charge in [0.2, 0.25) is 0 Å². The molecule has 1 aromatic carbocycles. The van der Waals surface area contributed by atoms with Gasteiger partial charge in [0, 0.05) is 24.3 Å². The zero-order valence-electron chi connectivity index (χ0n) is 9.60. The number of nitrogens with zero attached hydrogens (tertiary/aromatic N) is 1. The highest BCUT2D eigenvalue weighted by atomic mass is 16.5. The number of esters is 1. The van der Waals surface area contributed by atoms with Crippen molar-refractivity contribution in [3.05, 3.63) is 29.3 Å². The Morgan fingerprint density at radius 2 is 2.29 bits per heavy atom. The molecule has 17 heavy (non-hydrogen) atoms. The number of ether oxygens (including phenoxy) is 1. The predicted molar refractivity (Wildman–Crippen MR) is 62.2 cm³/mol. The first-order valence-electron chi connectivity index (χ1n) is 5.36. The zero-order valence-corrected chi connectivity index (χ0v) is 9.60. The van der Waals surface area contributed by atoms with E-state index < -0.39 is 0 Å². The van der Waals surface area contributed by atoms with Crippen LogP contribution in [-0.2, 0) is 16.1 Å². The number of hydrogen-bond acceptors (Lipinski definition) is 4. The smallest absolute Gasteiger partial charge is 0.307 e. The van der Waals surface area contributed by atoms with Crippen molar-refractivity contribution >= 4 is 17.6 Å². The molecule has 1 aromatic rings. The Hall–Kier alpha value is -2.04. The summed E-state index contributed by atoms with van der Waals surface area (Å²) < 4.78 is 4.54. The number of fused-ring (bicyclic) bond motifs is 1. The van der Waals surface area contributed by atoms with Crippen molar-refractivity contribution in [1.29, 1.82) is 0 Å². The van der Waals surface area contributed by atoms with Gasteiger partial charge in [-0.2, -0.15) is 0 Å². The molecule has 1 aliphatic rings. The van der Waals surface area contributed by atoms with Crippen LogP contribution in [0.2, 0.25) is 0 Å². The van der Waals surface area contributed by atoms with Crippen LogP contribution in [-0.4, -0.2) is 30.4 Å². The molecule has 0 spiro atoms. The first-order valence-corrected chi connectivity index (χ1v) is 5.36. The summed E-state index contributed by atoms with van der Waals surface area (Å²) in [5.74, 6) is -0.385. The summed E-state index contributed by atoms with van der Waals surface area (Å²) in [5, 5.41) is 0. The van der Waals surface area contributed by atoms with Crippen LogP contribution in [0.4, 0.5) is 5.69 Å². The van der Waals surface area contributed by atoms with Crippen LogP contribution in [0, 0.1) is 0 Å². The minimum absolute atomic E-state index is 0.0730. The molecule has 0 unspecified atom stereocenters. The summed E-state index contributed by atoms with van der Waals surface area (Å²) in [6.07, 6.45) is 0.214. The maximum atomic E-state index is 12.0. The van der Waals surface area contributed by atoms with Crippen molar-refractivity contribution < 1.29 is 14.3 Å². The van der Waals surface area contributed by atoms with Gasteiger partial charge in [-0.05, 0) is 17.7 Å². The van der Waals surface area contributed by atoms with Crippen molar-refractivity contribution in [2.45, 2.75) is 13.0 Å². The molecular formula is C12H14N2O3. The van der Waals surface area contributed by atoms with Gasteiger partial charge in [0.05, 0.1) is 13.5 Å². The van der Waals surface area contributed by atoms with Gasteiger partial charge in [0.25, 0.3) is 5.91 Å². The number of carbonyl (C=O) groups is 2. The SMILES string of the molecule is COC(=O)CCN1Cc2ccc(N)cc2C1=O. The van der Waals surface area contributed by atoms with E-state index in [1.165, 1.54) is 7.11 Å². The third kappa shape index (κ3) is 2.22. The van der Waals surface area contributed by atoms with Crippen molar-refractivity contribution in [2.24, 2.45) is 0 Å². The lowest BCUT2D eigenvalue weighted by Gasteiger charge is -2.14. The van der Waals surface area contributed by atoms with Gasteiger partial charge in [-0.15, -0.1) is 0 Å². The molecule has 1 amide bonds. The summed E-state index contributed by atoms with van der Waals surface area (Å²) >= 11 is 0. The second-order valence-electron chi connectivity index (χ2n) is 3.97. The van der Waals surface area contributed by atoms with Crippen LogP contribution in [0.3, 0.4) is 0 Å². The average Bonchev–Trinajstić information content (AvgIpc) is 2.63. The standard InChI is InChI=1S/C12H14N2O3/c1-17-11(15)4-5-14-7-8-2-3-9(13)6-10(8)12(14)16/h2-3,6H,4-5,7,13H2,1H3. The Kier molecular flexibility index (Phi) is 2.99. The largest absolute Gasteiger partial charge is 0.469 e. The summed E-state index contributed by atoms with van der Waals surface area (Å²) in [6, 6.07) is 5.30. The molecule has 1 aliphatic heterocycles. The maximum absolute atomic E-state index is 12.0. The molecule has 2 rings (SSSR count). The van der Waals surface area contributed by atoms with Crippen LogP contribution >= 0.6 is 0 Å².